The molecule has 13 heteroatoms. The SMILES string of the molecule is Cn1ccc(S(=O)(=O)Nc2ccccc2NS(=O)(=O)c2ccc3c(c2)c(=O)sn3C)n1. The normalized spacial score (nSPS) is 12.2. The molecule has 0 aliphatic rings. The van der Waals surface area contributed by atoms with Crippen molar-refractivity contribution in [2.24, 2.45) is 14.1 Å². The van der Waals surface area contributed by atoms with Gasteiger partial charge in [-0.2, -0.15) is 13.5 Å². The summed E-state index contributed by atoms with van der Waals surface area (Å²) in [5.41, 5.74) is 0.682. The van der Waals surface area contributed by atoms with Gasteiger partial charge in [-0.15, -0.1) is 0 Å². The summed E-state index contributed by atoms with van der Waals surface area (Å²) in [7, 11) is -4.83. The summed E-state index contributed by atoms with van der Waals surface area (Å²) in [6.07, 6.45) is 1.48. The summed E-state index contributed by atoms with van der Waals surface area (Å²) in [4.78, 5) is 12.0. The monoisotopic (exact) mass is 479 g/mol. The van der Waals surface area contributed by atoms with Crippen LogP contribution in [0.4, 0.5) is 11.4 Å². The molecule has 162 valence electrons. The lowest BCUT2D eigenvalue weighted by Gasteiger charge is -2.14. The van der Waals surface area contributed by atoms with E-state index in [1.54, 1.807) is 36.3 Å². The molecular formula is C18H17N5O5S3. The van der Waals surface area contributed by atoms with Gasteiger partial charge in [-0.3, -0.25) is 22.9 Å². The maximum Gasteiger partial charge on any atom is 0.281 e. The Kier molecular flexibility index (Phi) is 5.11. The Balaban J connectivity index is 1.68. The predicted molar refractivity (Wildman–Crippen MR) is 118 cm³/mol. The number of nitrogens with zero attached hydrogens (tertiary/aromatic N) is 3. The minimum Gasteiger partial charge on any atom is -0.297 e. The topological polar surface area (TPSA) is 132 Å². The van der Waals surface area contributed by atoms with Gasteiger partial charge < -0.3 is 0 Å². The number of aromatic nitrogens is 3. The zero-order chi connectivity index (χ0) is 22.4. The molecule has 4 rings (SSSR count). The average Bonchev–Trinajstić information content (AvgIpc) is 3.27. The second-order valence-electron chi connectivity index (χ2n) is 6.64. The van der Waals surface area contributed by atoms with Crippen LogP contribution in [-0.4, -0.2) is 30.6 Å². The fourth-order valence-electron chi connectivity index (χ4n) is 2.94. The van der Waals surface area contributed by atoms with Gasteiger partial charge in [0.1, 0.15) is 0 Å². The van der Waals surface area contributed by atoms with Gasteiger partial charge in [0.15, 0.2) is 5.03 Å². The molecule has 0 bridgehead atoms. The van der Waals surface area contributed by atoms with Crippen molar-refractivity contribution in [1.82, 2.24) is 13.7 Å². The molecule has 4 aromatic rings. The van der Waals surface area contributed by atoms with E-state index in [1.807, 2.05) is 0 Å². The highest BCUT2D eigenvalue weighted by Crippen LogP contribution is 2.27. The van der Waals surface area contributed by atoms with E-state index in [0.29, 0.717) is 10.9 Å². The van der Waals surface area contributed by atoms with Crippen molar-refractivity contribution < 1.29 is 16.8 Å². The lowest BCUT2D eigenvalue weighted by molar-refractivity contribution is 0.592. The molecule has 0 aliphatic carbocycles. The van der Waals surface area contributed by atoms with Gasteiger partial charge in [-0.25, -0.2) is 8.42 Å². The first kappa shape index (κ1) is 21.1. The number of hydrogen-bond donors (Lipinski definition) is 2. The third kappa shape index (κ3) is 4.06. The van der Waals surface area contributed by atoms with Gasteiger partial charge in [0.25, 0.3) is 24.8 Å². The molecular weight excluding hydrogens is 462 g/mol. The lowest BCUT2D eigenvalue weighted by Crippen LogP contribution is -2.18. The van der Waals surface area contributed by atoms with Gasteiger partial charge in [-0.05, 0) is 47.9 Å². The molecule has 0 saturated carbocycles. The van der Waals surface area contributed by atoms with Crippen molar-refractivity contribution in [1.29, 1.82) is 0 Å². The Morgan fingerprint density at radius 1 is 0.903 bits per heavy atom. The molecule has 0 amide bonds. The molecule has 0 aliphatic heterocycles. The molecule has 0 radical (unpaired) electrons. The highest BCUT2D eigenvalue weighted by molar-refractivity contribution is 7.93. The number of fused-ring (bicyclic) bond motifs is 1. The number of nitrogens with one attached hydrogen (secondary N) is 2. The Morgan fingerprint density at radius 3 is 2.16 bits per heavy atom. The van der Waals surface area contributed by atoms with Crippen LogP contribution < -0.4 is 14.2 Å². The molecule has 2 N–H and O–H groups in total. The molecule has 0 spiro atoms. The van der Waals surface area contributed by atoms with Gasteiger partial charge in [0.05, 0.1) is 27.2 Å². The number of rotatable bonds is 6. The molecule has 2 aromatic carbocycles. The first-order valence-electron chi connectivity index (χ1n) is 8.81. The standard InChI is InChI=1S/C18H17N5O5S3/c1-22-10-9-17(19-22)31(27,28)21-15-6-4-3-5-14(15)20-30(25,26)12-7-8-16-13(11-12)18(24)29-23(16)2/h3-11,20-21H,1-2H3. The second kappa shape index (κ2) is 7.51. The van der Waals surface area contributed by atoms with E-state index < -0.39 is 20.0 Å². The van der Waals surface area contributed by atoms with E-state index in [4.69, 9.17) is 0 Å². The van der Waals surface area contributed by atoms with E-state index in [2.05, 4.69) is 14.5 Å². The van der Waals surface area contributed by atoms with Crippen molar-refractivity contribution >= 4 is 53.9 Å². The van der Waals surface area contributed by atoms with Gasteiger partial charge in [0.2, 0.25) is 0 Å². The van der Waals surface area contributed by atoms with Crippen molar-refractivity contribution in [3.8, 4) is 0 Å². The van der Waals surface area contributed by atoms with Crippen LogP contribution in [0.2, 0.25) is 0 Å². The Hall–Kier alpha value is -3.16. The Morgan fingerprint density at radius 2 is 1.55 bits per heavy atom. The van der Waals surface area contributed by atoms with Crippen LogP contribution in [0.15, 0.2) is 69.4 Å². The summed E-state index contributed by atoms with van der Waals surface area (Å²) < 4.78 is 58.6. The van der Waals surface area contributed by atoms with Crippen molar-refractivity contribution in [3.05, 3.63) is 64.3 Å². The highest BCUT2D eigenvalue weighted by atomic mass is 32.2. The lowest BCUT2D eigenvalue weighted by atomic mass is 10.2. The highest BCUT2D eigenvalue weighted by Gasteiger charge is 2.22. The smallest absolute Gasteiger partial charge is 0.281 e. The second-order valence-corrected chi connectivity index (χ2v) is 11.1. The van der Waals surface area contributed by atoms with Crippen molar-refractivity contribution in [2.75, 3.05) is 9.44 Å². The van der Waals surface area contributed by atoms with Crippen LogP contribution in [0.5, 0.6) is 0 Å². The molecule has 0 atom stereocenters. The largest absolute Gasteiger partial charge is 0.297 e. The summed E-state index contributed by atoms with van der Waals surface area (Å²) in [6, 6.07) is 11.5. The fourth-order valence-corrected chi connectivity index (χ4v) is 5.86. The third-order valence-electron chi connectivity index (χ3n) is 4.44. The summed E-state index contributed by atoms with van der Waals surface area (Å²) in [5.74, 6) is 0. The number of aryl methyl sites for hydroxylation is 2. The van der Waals surface area contributed by atoms with Gasteiger partial charge in [-0.1, -0.05) is 12.1 Å². The molecule has 0 saturated heterocycles. The third-order valence-corrected chi connectivity index (χ3v) is 7.91. The van der Waals surface area contributed by atoms with Crippen LogP contribution in [0.1, 0.15) is 0 Å². The van der Waals surface area contributed by atoms with E-state index in [-0.39, 0.29) is 26.0 Å². The number of para-hydroxylation sites is 2. The van der Waals surface area contributed by atoms with Crippen molar-refractivity contribution in [3.63, 3.8) is 0 Å². The molecule has 2 aromatic heterocycles. The Labute approximate surface area is 182 Å². The number of sulfonamides is 2. The molecule has 0 unspecified atom stereocenters. The maximum absolute atomic E-state index is 12.9. The average molecular weight is 480 g/mol. The first-order chi connectivity index (χ1) is 14.6. The summed E-state index contributed by atoms with van der Waals surface area (Å²) in [6.45, 7) is 0. The van der Waals surface area contributed by atoms with Crippen molar-refractivity contribution in [2.45, 2.75) is 9.92 Å². The van der Waals surface area contributed by atoms with E-state index >= 15 is 0 Å². The minimum atomic E-state index is -4.10. The molecule has 10 nitrogen and oxygen atoms in total. The van der Waals surface area contributed by atoms with E-state index in [1.165, 1.54) is 41.2 Å². The number of anilines is 2. The summed E-state index contributed by atoms with van der Waals surface area (Å²) >= 11 is 0.976. The first-order valence-corrected chi connectivity index (χ1v) is 12.6. The summed E-state index contributed by atoms with van der Waals surface area (Å²) in [5, 5.41) is 3.96. The zero-order valence-corrected chi connectivity index (χ0v) is 18.8. The number of benzene rings is 2. The van der Waals surface area contributed by atoms with Gasteiger partial charge in [0, 0.05) is 20.3 Å². The molecule has 0 fully saturated rings. The molecule has 31 heavy (non-hydrogen) atoms. The van der Waals surface area contributed by atoms with Crippen LogP contribution in [0.3, 0.4) is 0 Å². The van der Waals surface area contributed by atoms with Crippen LogP contribution in [-0.2, 0) is 34.1 Å². The quantitative estimate of drug-likeness (QED) is 0.434. The van der Waals surface area contributed by atoms with Crippen LogP contribution in [0, 0.1) is 0 Å². The van der Waals surface area contributed by atoms with Crippen LogP contribution in [0.25, 0.3) is 10.9 Å². The fraction of sp³-hybridized carbons (Fsp3) is 0.111. The molecule has 2 heterocycles. The predicted octanol–water partition coefficient (Wildman–Crippen LogP) is 1.94. The van der Waals surface area contributed by atoms with Crippen LogP contribution >= 0.6 is 11.5 Å². The van der Waals surface area contributed by atoms with E-state index in [0.717, 1.165) is 11.5 Å². The number of hydrogen-bond acceptors (Lipinski definition) is 7. The van der Waals surface area contributed by atoms with E-state index in [9.17, 15) is 21.6 Å². The zero-order valence-electron chi connectivity index (χ0n) is 16.3. The Bertz CT molecular complexity index is 1570. The minimum absolute atomic E-state index is 0.0281. The maximum atomic E-state index is 12.9. The van der Waals surface area contributed by atoms with Gasteiger partial charge >= 0.3 is 0 Å².